The Morgan fingerprint density at radius 1 is 1.25 bits per heavy atom. The second kappa shape index (κ2) is 8.43. The van der Waals surface area contributed by atoms with Gasteiger partial charge in [-0.2, -0.15) is 0 Å². The van der Waals surface area contributed by atoms with Crippen LogP contribution in [-0.2, 0) is 11.2 Å². The molecule has 1 aromatic rings. The molecule has 0 aliphatic carbocycles. The Kier molecular flexibility index (Phi) is 6.87. The number of amides is 3. The molecule has 1 aromatic carbocycles. The van der Waals surface area contributed by atoms with Crippen LogP contribution in [0.1, 0.15) is 19.4 Å². The molecule has 0 saturated carbocycles. The van der Waals surface area contributed by atoms with Gasteiger partial charge in [0.15, 0.2) is 0 Å². The molecular weight excluding hydrogens is 278 g/mol. The lowest BCUT2D eigenvalue weighted by Gasteiger charge is -2.10. The van der Waals surface area contributed by atoms with Crippen LogP contribution in [0, 0.1) is 0 Å². The van der Waals surface area contributed by atoms with Gasteiger partial charge in [-0.3, -0.25) is 4.79 Å². The van der Waals surface area contributed by atoms with Crippen LogP contribution >= 0.6 is 11.6 Å². The highest BCUT2D eigenvalue weighted by Gasteiger charge is 2.05. The molecule has 20 heavy (non-hydrogen) atoms. The molecule has 0 fully saturated rings. The fourth-order valence-corrected chi connectivity index (χ4v) is 1.79. The van der Waals surface area contributed by atoms with Crippen molar-refractivity contribution in [2.45, 2.75) is 26.3 Å². The van der Waals surface area contributed by atoms with Crippen LogP contribution in [0.3, 0.4) is 0 Å². The first-order valence-corrected chi connectivity index (χ1v) is 6.90. The van der Waals surface area contributed by atoms with Crippen molar-refractivity contribution in [2.75, 3.05) is 13.1 Å². The van der Waals surface area contributed by atoms with Gasteiger partial charge in [-0.15, -0.1) is 0 Å². The maximum Gasteiger partial charge on any atom is 0.315 e. The van der Waals surface area contributed by atoms with Gasteiger partial charge in [-0.25, -0.2) is 4.79 Å². The molecule has 0 atom stereocenters. The molecule has 3 amide bonds. The van der Waals surface area contributed by atoms with Gasteiger partial charge >= 0.3 is 6.03 Å². The Balaban J connectivity index is 2.19. The van der Waals surface area contributed by atoms with Gasteiger partial charge in [-0.05, 0) is 38.0 Å². The van der Waals surface area contributed by atoms with E-state index in [2.05, 4.69) is 16.0 Å². The number of nitrogens with one attached hydrogen (secondary N) is 3. The van der Waals surface area contributed by atoms with E-state index < -0.39 is 0 Å². The maximum atomic E-state index is 11.5. The molecule has 0 aliphatic rings. The first-order chi connectivity index (χ1) is 9.47. The molecule has 0 aromatic heterocycles. The predicted octanol–water partition coefficient (Wildman–Crippen LogP) is 1.71. The zero-order valence-corrected chi connectivity index (χ0v) is 12.5. The normalized spacial score (nSPS) is 10.2. The van der Waals surface area contributed by atoms with E-state index in [1.54, 1.807) is 6.07 Å². The Morgan fingerprint density at radius 2 is 2.00 bits per heavy atom. The summed E-state index contributed by atoms with van der Waals surface area (Å²) in [4.78, 5) is 22.8. The van der Waals surface area contributed by atoms with Crippen molar-refractivity contribution >= 4 is 23.5 Å². The number of urea groups is 1. The van der Waals surface area contributed by atoms with Gasteiger partial charge in [-0.1, -0.05) is 23.7 Å². The lowest BCUT2D eigenvalue weighted by atomic mass is 10.1. The van der Waals surface area contributed by atoms with Crippen LogP contribution in [0.15, 0.2) is 24.3 Å². The summed E-state index contributed by atoms with van der Waals surface area (Å²) in [6.07, 6.45) is 0.699. The molecule has 0 aliphatic heterocycles. The first kappa shape index (κ1) is 16.3. The quantitative estimate of drug-likeness (QED) is 0.748. The summed E-state index contributed by atoms with van der Waals surface area (Å²) >= 11 is 5.87. The first-order valence-electron chi connectivity index (χ1n) is 6.53. The molecule has 0 unspecified atom stereocenters. The predicted molar refractivity (Wildman–Crippen MR) is 79.8 cm³/mol. The second-order valence-corrected chi connectivity index (χ2v) is 5.15. The van der Waals surface area contributed by atoms with E-state index in [0.717, 1.165) is 5.56 Å². The average Bonchev–Trinajstić information content (AvgIpc) is 2.36. The van der Waals surface area contributed by atoms with Crippen LogP contribution in [0.2, 0.25) is 5.02 Å². The minimum Gasteiger partial charge on any atom is -0.354 e. The van der Waals surface area contributed by atoms with Crippen molar-refractivity contribution in [1.29, 1.82) is 0 Å². The van der Waals surface area contributed by atoms with Crippen molar-refractivity contribution in [3.63, 3.8) is 0 Å². The summed E-state index contributed by atoms with van der Waals surface area (Å²) in [5.41, 5.74) is 1.06. The minimum absolute atomic E-state index is 0.0336. The molecule has 1 rings (SSSR count). The van der Waals surface area contributed by atoms with Crippen LogP contribution in [-0.4, -0.2) is 31.1 Å². The number of halogens is 1. The van der Waals surface area contributed by atoms with E-state index in [4.69, 9.17) is 11.6 Å². The summed E-state index contributed by atoms with van der Waals surface area (Å²) in [5.74, 6) is -0.217. The highest BCUT2D eigenvalue weighted by atomic mass is 35.5. The van der Waals surface area contributed by atoms with Gasteiger partial charge in [0.2, 0.25) is 5.91 Å². The Labute approximate surface area is 124 Å². The largest absolute Gasteiger partial charge is 0.354 e. The summed E-state index contributed by atoms with van der Waals surface area (Å²) in [7, 11) is 0. The van der Waals surface area contributed by atoms with E-state index in [1.165, 1.54) is 0 Å². The summed E-state index contributed by atoms with van der Waals surface area (Å²) in [5, 5.41) is 8.55. The average molecular weight is 298 g/mol. The molecular formula is C14H20ClN3O2. The van der Waals surface area contributed by atoms with Crippen molar-refractivity contribution < 1.29 is 9.59 Å². The molecule has 0 heterocycles. The Bertz CT molecular complexity index is 463. The number of rotatable bonds is 6. The molecule has 0 bridgehead atoms. The molecule has 0 spiro atoms. The fourth-order valence-electron chi connectivity index (χ4n) is 1.58. The summed E-state index contributed by atoms with van der Waals surface area (Å²) in [6.45, 7) is 4.18. The number of hydrogen-bond acceptors (Lipinski definition) is 2. The molecule has 5 nitrogen and oxygen atoms in total. The van der Waals surface area contributed by atoms with E-state index in [0.29, 0.717) is 18.0 Å². The fraction of sp³-hybridized carbons (Fsp3) is 0.429. The van der Waals surface area contributed by atoms with E-state index in [9.17, 15) is 9.59 Å². The number of carbonyl (C=O) groups excluding carboxylic acids is 2. The standard InChI is InChI=1S/C14H20ClN3O2/c1-10(2)18-14(20)17-9-13(19)16-7-6-11-4-3-5-12(15)8-11/h3-5,8,10H,6-7,9H2,1-2H3,(H,16,19)(H2,17,18,20). The molecule has 6 heteroatoms. The van der Waals surface area contributed by atoms with Crippen LogP contribution in [0.4, 0.5) is 4.79 Å². The molecule has 0 saturated heterocycles. The van der Waals surface area contributed by atoms with Crippen LogP contribution < -0.4 is 16.0 Å². The van der Waals surface area contributed by atoms with Crippen molar-refractivity contribution in [3.8, 4) is 0 Å². The monoisotopic (exact) mass is 297 g/mol. The van der Waals surface area contributed by atoms with Crippen LogP contribution in [0.5, 0.6) is 0 Å². The molecule has 3 N–H and O–H groups in total. The van der Waals surface area contributed by atoms with Gasteiger partial charge < -0.3 is 16.0 Å². The Hall–Kier alpha value is -1.75. The third kappa shape index (κ3) is 6.99. The number of carbonyl (C=O) groups is 2. The van der Waals surface area contributed by atoms with E-state index >= 15 is 0 Å². The highest BCUT2D eigenvalue weighted by molar-refractivity contribution is 6.30. The summed E-state index contributed by atoms with van der Waals surface area (Å²) < 4.78 is 0. The van der Waals surface area contributed by atoms with Crippen molar-refractivity contribution in [2.24, 2.45) is 0 Å². The van der Waals surface area contributed by atoms with Gasteiger partial charge in [0.05, 0.1) is 6.54 Å². The Morgan fingerprint density at radius 3 is 2.65 bits per heavy atom. The zero-order valence-electron chi connectivity index (χ0n) is 11.7. The smallest absolute Gasteiger partial charge is 0.315 e. The maximum absolute atomic E-state index is 11.5. The third-order valence-corrected chi connectivity index (χ3v) is 2.69. The van der Waals surface area contributed by atoms with Crippen molar-refractivity contribution in [3.05, 3.63) is 34.9 Å². The topological polar surface area (TPSA) is 70.2 Å². The van der Waals surface area contributed by atoms with Crippen molar-refractivity contribution in [1.82, 2.24) is 16.0 Å². The molecule has 0 radical (unpaired) electrons. The third-order valence-electron chi connectivity index (χ3n) is 2.45. The molecule has 110 valence electrons. The SMILES string of the molecule is CC(C)NC(=O)NCC(=O)NCCc1cccc(Cl)c1. The minimum atomic E-state index is -0.343. The second-order valence-electron chi connectivity index (χ2n) is 4.71. The lowest BCUT2D eigenvalue weighted by Crippen LogP contribution is -2.44. The van der Waals surface area contributed by atoms with Gasteiger partial charge in [0, 0.05) is 17.6 Å². The van der Waals surface area contributed by atoms with Crippen LogP contribution in [0.25, 0.3) is 0 Å². The number of hydrogen-bond donors (Lipinski definition) is 3. The zero-order chi connectivity index (χ0) is 15.0. The van der Waals surface area contributed by atoms with Gasteiger partial charge in [0.1, 0.15) is 0 Å². The number of benzene rings is 1. The highest BCUT2D eigenvalue weighted by Crippen LogP contribution is 2.10. The van der Waals surface area contributed by atoms with Gasteiger partial charge in [0.25, 0.3) is 0 Å². The van der Waals surface area contributed by atoms with E-state index in [1.807, 2.05) is 32.0 Å². The summed E-state index contributed by atoms with van der Waals surface area (Å²) in [6, 6.07) is 7.19. The van der Waals surface area contributed by atoms with E-state index in [-0.39, 0.29) is 24.5 Å². The lowest BCUT2D eigenvalue weighted by molar-refractivity contribution is -0.120.